The van der Waals surface area contributed by atoms with Crippen molar-refractivity contribution in [1.29, 1.82) is 0 Å². The summed E-state index contributed by atoms with van der Waals surface area (Å²) in [6, 6.07) is 24.7. The molecule has 0 saturated carbocycles. The van der Waals surface area contributed by atoms with Gasteiger partial charge < -0.3 is 24.4 Å². The Kier molecular flexibility index (Phi) is 12.4. The van der Waals surface area contributed by atoms with E-state index < -0.39 is 6.61 Å². The van der Waals surface area contributed by atoms with Crippen LogP contribution >= 0.6 is 0 Å². The Morgan fingerprint density at radius 3 is 1.43 bits per heavy atom. The molecule has 13 heteroatoms. The Morgan fingerprint density at radius 2 is 1.05 bits per heavy atom. The van der Waals surface area contributed by atoms with Gasteiger partial charge in [-0.25, -0.2) is 19.4 Å². The Hall–Kier alpha value is -6.86. The van der Waals surface area contributed by atoms with E-state index in [0.717, 1.165) is 59.1 Å². The fourth-order valence-corrected chi connectivity index (χ4v) is 8.13. The summed E-state index contributed by atoms with van der Waals surface area (Å²) in [5, 5.41) is 8.82. The molecule has 2 aliphatic heterocycles. The van der Waals surface area contributed by atoms with Crippen LogP contribution in [-0.2, 0) is 32.0 Å². The number of anilines is 2. The highest BCUT2D eigenvalue weighted by Crippen LogP contribution is 2.41. The molecule has 4 aliphatic rings. The fourth-order valence-electron chi connectivity index (χ4n) is 8.13. The van der Waals surface area contributed by atoms with Gasteiger partial charge in [0, 0.05) is 6.42 Å². The average molecular weight is 811 g/mol. The van der Waals surface area contributed by atoms with Crippen LogP contribution in [0.25, 0.3) is 12.2 Å². The Labute approximate surface area is 348 Å². The van der Waals surface area contributed by atoms with Crippen LogP contribution in [0.5, 0.6) is 11.5 Å². The summed E-state index contributed by atoms with van der Waals surface area (Å²) in [6.07, 6.45) is 10.1. The second-order valence-electron chi connectivity index (χ2n) is 14.8. The van der Waals surface area contributed by atoms with Gasteiger partial charge in [0.15, 0.2) is 11.6 Å². The van der Waals surface area contributed by atoms with Gasteiger partial charge in [0.2, 0.25) is 0 Å². The molecule has 13 nitrogen and oxygen atoms in total. The molecule has 2 atom stereocenters. The van der Waals surface area contributed by atoms with Crippen molar-refractivity contribution in [3.05, 3.63) is 130 Å². The lowest BCUT2D eigenvalue weighted by atomic mass is 10.0. The number of amides is 6. The van der Waals surface area contributed by atoms with E-state index in [2.05, 4.69) is 6.07 Å². The molecule has 2 aliphatic carbocycles. The number of rotatable bonds is 12. The first-order valence-electron chi connectivity index (χ1n) is 19.9. The number of imide groups is 2. The summed E-state index contributed by atoms with van der Waals surface area (Å²) in [4.78, 5) is 80.0. The molecular weight excluding hydrogens is 765 g/mol. The van der Waals surface area contributed by atoms with Crippen LogP contribution in [0, 0.1) is 0 Å². The second-order valence-corrected chi connectivity index (χ2v) is 14.8. The van der Waals surface area contributed by atoms with Crippen LogP contribution in [-0.4, -0.2) is 84.3 Å². The predicted molar refractivity (Wildman–Crippen MR) is 226 cm³/mol. The summed E-state index contributed by atoms with van der Waals surface area (Å²) in [5.41, 5.74) is 7.27. The highest BCUT2D eigenvalue weighted by Gasteiger charge is 2.44. The summed E-state index contributed by atoms with van der Waals surface area (Å²) < 4.78 is 10.3. The number of aryl methyl sites for hydroxylation is 2. The number of nitrogens with zero attached hydrogens (tertiary/aromatic N) is 4. The van der Waals surface area contributed by atoms with Crippen LogP contribution in [0.3, 0.4) is 0 Å². The molecule has 6 amide bonds. The number of benzene rings is 4. The van der Waals surface area contributed by atoms with E-state index in [-0.39, 0.29) is 60.6 Å². The van der Waals surface area contributed by atoms with Gasteiger partial charge in [-0.15, -0.1) is 0 Å². The minimum atomic E-state index is -0.515. The second kappa shape index (κ2) is 18.0. The van der Waals surface area contributed by atoms with E-state index in [1.165, 1.54) is 15.9 Å². The van der Waals surface area contributed by atoms with Gasteiger partial charge in [-0.05, 0) is 120 Å². The number of ether oxygens (including phenoxy) is 2. The van der Waals surface area contributed by atoms with Crippen LogP contribution in [0.4, 0.5) is 21.0 Å². The minimum absolute atomic E-state index is 0.0433. The molecule has 8 rings (SSSR count). The van der Waals surface area contributed by atoms with Crippen molar-refractivity contribution in [2.24, 2.45) is 0 Å². The number of fused-ring (bicyclic) bond motifs is 2. The number of carbonyl (C=O) groups excluding carboxylic acids is 6. The van der Waals surface area contributed by atoms with Crippen LogP contribution in [0.1, 0.15) is 71.7 Å². The van der Waals surface area contributed by atoms with Gasteiger partial charge in [-0.2, -0.15) is 0 Å². The van der Waals surface area contributed by atoms with Gasteiger partial charge in [0.05, 0.1) is 37.7 Å². The fraction of sp³-hybridized carbons (Fsp3) is 0.277. The monoisotopic (exact) mass is 810 g/mol. The molecule has 0 spiro atoms. The highest BCUT2D eigenvalue weighted by molar-refractivity contribution is 6.20. The number of hydrogen-bond acceptors (Lipinski definition) is 9. The third kappa shape index (κ3) is 8.48. The summed E-state index contributed by atoms with van der Waals surface area (Å²) >= 11 is 0. The van der Waals surface area contributed by atoms with E-state index in [4.69, 9.17) is 14.6 Å². The van der Waals surface area contributed by atoms with Crippen molar-refractivity contribution in [1.82, 2.24) is 9.80 Å². The molecular formula is C47H46N4O9. The normalized spacial score (nSPS) is 18.4. The zero-order valence-corrected chi connectivity index (χ0v) is 33.7. The van der Waals surface area contributed by atoms with Gasteiger partial charge in [-0.3, -0.25) is 19.2 Å². The van der Waals surface area contributed by atoms with Crippen LogP contribution in [0.15, 0.2) is 97.1 Å². The van der Waals surface area contributed by atoms with Gasteiger partial charge in [0.25, 0.3) is 11.8 Å². The number of ketones is 2. The number of aliphatic hydroxyl groups is 1. The molecule has 0 aromatic heterocycles. The molecule has 1 N–H and O–H groups in total. The SMILES string of the molecule is CCC(=O)/C=C/c1ccc2c(c1)CCC2N1CC(=O)N(c2ccc(OC)cc2)C1=O.COc1ccc(N2C(=O)CN(C3CCc4cc(/C=C/C(=O)CO)ccc43)C2=O)cc1. The molecule has 0 bridgehead atoms. The topological polar surface area (TPSA) is 154 Å². The lowest BCUT2D eigenvalue weighted by Crippen LogP contribution is -2.34. The molecule has 2 unspecified atom stereocenters. The average Bonchev–Trinajstić information content (AvgIpc) is 4.04. The molecule has 2 heterocycles. The lowest BCUT2D eigenvalue weighted by molar-refractivity contribution is -0.117. The maximum absolute atomic E-state index is 13.1. The first kappa shape index (κ1) is 41.3. The lowest BCUT2D eigenvalue weighted by Gasteiger charge is -2.24. The number of hydrogen-bond donors (Lipinski definition) is 1. The van der Waals surface area contributed by atoms with Gasteiger partial charge in [-0.1, -0.05) is 55.5 Å². The number of urea groups is 2. The molecule has 2 fully saturated rings. The first-order chi connectivity index (χ1) is 29.0. The number of methoxy groups -OCH3 is 2. The maximum Gasteiger partial charge on any atom is 0.332 e. The molecule has 4 aromatic rings. The zero-order chi connectivity index (χ0) is 42.5. The smallest absolute Gasteiger partial charge is 0.332 e. The van der Waals surface area contributed by atoms with E-state index in [0.29, 0.717) is 29.3 Å². The minimum Gasteiger partial charge on any atom is -0.497 e. The standard InChI is InChI=1S/C24H24N2O4.C23H22N2O5/c1-3-19(27)9-4-16-5-12-21-17(14-16)6-13-22(21)25-15-23(28)26(24(25)29)18-7-10-20(30-2)11-8-18;1-30-19-8-5-17(6-9-19)25-22(28)13-24(23(25)29)21-11-4-16-12-15(3-10-20(16)21)2-7-18(27)14-26/h4-5,7-12,14,22H,3,6,13,15H2,1-2H3;2-3,5-10,12,21,26H,4,11,13-14H2,1H3/b9-4+;7-2+. The molecule has 0 radical (unpaired) electrons. The first-order valence-corrected chi connectivity index (χ1v) is 19.9. The maximum atomic E-state index is 13.1. The number of aliphatic hydroxyl groups excluding tert-OH is 1. The molecule has 4 aromatic carbocycles. The van der Waals surface area contributed by atoms with Crippen molar-refractivity contribution in [2.45, 2.75) is 51.1 Å². The van der Waals surface area contributed by atoms with Gasteiger partial charge >= 0.3 is 12.1 Å². The number of allylic oxidation sites excluding steroid dienone is 1. The van der Waals surface area contributed by atoms with Crippen molar-refractivity contribution >= 4 is 59.0 Å². The zero-order valence-electron chi connectivity index (χ0n) is 33.7. The van der Waals surface area contributed by atoms with Crippen molar-refractivity contribution in [3.63, 3.8) is 0 Å². The highest BCUT2D eigenvalue weighted by atomic mass is 16.5. The van der Waals surface area contributed by atoms with Crippen molar-refractivity contribution < 1.29 is 43.3 Å². The Bertz CT molecular complexity index is 2220. The van der Waals surface area contributed by atoms with Crippen LogP contribution < -0.4 is 19.3 Å². The van der Waals surface area contributed by atoms with Crippen molar-refractivity contribution in [3.8, 4) is 11.5 Å². The van der Waals surface area contributed by atoms with E-state index >= 15 is 0 Å². The summed E-state index contributed by atoms with van der Waals surface area (Å²) in [5.74, 6) is 0.591. The van der Waals surface area contributed by atoms with Crippen molar-refractivity contribution in [2.75, 3.05) is 43.7 Å². The quantitative estimate of drug-likeness (QED) is 0.119. The third-order valence-electron chi connectivity index (χ3n) is 11.3. The molecule has 60 heavy (non-hydrogen) atoms. The Morgan fingerprint density at radius 1 is 0.633 bits per heavy atom. The van der Waals surface area contributed by atoms with E-state index in [1.807, 2.05) is 43.3 Å². The van der Waals surface area contributed by atoms with Gasteiger partial charge in [0.1, 0.15) is 31.2 Å². The predicted octanol–water partition coefficient (Wildman–Crippen LogP) is 6.87. The largest absolute Gasteiger partial charge is 0.497 e. The third-order valence-corrected chi connectivity index (χ3v) is 11.3. The molecule has 308 valence electrons. The number of carbonyl (C=O) groups is 6. The summed E-state index contributed by atoms with van der Waals surface area (Å²) in [6.45, 7) is 1.44. The summed E-state index contributed by atoms with van der Waals surface area (Å²) in [7, 11) is 3.13. The molecule has 2 saturated heterocycles. The van der Waals surface area contributed by atoms with E-state index in [9.17, 15) is 28.8 Å². The van der Waals surface area contributed by atoms with Crippen LogP contribution in [0.2, 0.25) is 0 Å². The van der Waals surface area contributed by atoms with E-state index in [1.54, 1.807) is 84.7 Å². The Balaban J connectivity index is 0.000000181.